The molecule has 2 rings (SSSR count). The first-order valence-electron chi connectivity index (χ1n) is 6.66. The van der Waals surface area contributed by atoms with Crippen molar-refractivity contribution in [2.24, 2.45) is 5.10 Å². The smallest absolute Gasteiger partial charge is 0.277 e. The van der Waals surface area contributed by atoms with E-state index in [4.69, 9.17) is 21.1 Å². The van der Waals surface area contributed by atoms with E-state index in [2.05, 4.69) is 10.5 Å². The van der Waals surface area contributed by atoms with Crippen LogP contribution in [0, 0.1) is 0 Å². The van der Waals surface area contributed by atoms with E-state index in [9.17, 15) is 9.90 Å². The number of ether oxygens (including phenoxy) is 2. The zero-order valence-corrected chi connectivity index (χ0v) is 13.1. The molecule has 1 amide bonds. The van der Waals surface area contributed by atoms with Crippen molar-refractivity contribution in [2.75, 3.05) is 13.7 Å². The molecule has 0 aliphatic heterocycles. The van der Waals surface area contributed by atoms with E-state index in [-0.39, 0.29) is 12.4 Å². The molecule has 2 aromatic rings. The quantitative estimate of drug-likeness (QED) is 0.628. The average molecular weight is 335 g/mol. The summed E-state index contributed by atoms with van der Waals surface area (Å²) in [5, 5.41) is 14.2. The van der Waals surface area contributed by atoms with Crippen LogP contribution in [0.4, 0.5) is 0 Å². The zero-order valence-electron chi connectivity index (χ0n) is 12.3. The summed E-state index contributed by atoms with van der Waals surface area (Å²) in [5.74, 6) is 0.370. The van der Waals surface area contributed by atoms with E-state index in [0.717, 1.165) is 0 Å². The van der Waals surface area contributed by atoms with E-state index >= 15 is 0 Å². The van der Waals surface area contributed by atoms with Crippen molar-refractivity contribution in [1.29, 1.82) is 0 Å². The van der Waals surface area contributed by atoms with Gasteiger partial charge in [-0.25, -0.2) is 5.43 Å². The Labute approximate surface area is 138 Å². The highest BCUT2D eigenvalue weighted by atomic mass is 35.5. The van der Waals surface area contributed by atoms with Crippen LogP contribution in [-0.4, -0.2) is 30.9 Å². The van der Waals surface area contributed by atoms with Crippen molar-refractivity contribution >= 4 is 23.7 Å². The number of para-hydroxylation sites is 1. The molecule has 0 saturated carbocycles. The molecular formula is C16H15ClN2O4. The van der Waals surface area contributed by atoms with Crippen LogP contribution in [0.15, 0.2) is 47.6 Å². The summed E-state index contributed by atoms with van der Waals surface area (Å²) in [6, 6.07) is 11.6. The minimum absolute atomic E-state index is 0.0505. The van der Waals surface area contributed by atoms with Crippen molar-refractivity contribution < 1.29 is 19.4 Å². The fourth-order valence-corrected chi connectivity index (χ4v) is 1.82. The summed E-state index contributed by atoms with van der Waals surface area (Å²) < 4.78 is 10.3. The second-order valence-corrected chi connectivity index (χ2v) is 4.87. The number of aromatic hydroxyl groups is 1. The van der Waals surface area contributed by atoms with Gasteiger partial charge in [0, 0.05) is 10.6 Å². The van der Waals surface area contributed by atoms with Crippen LogP contribution < -0.4 is 14.9 Å². The summed E-state index contributed by atoms with van der Waals surface area (Å²) in [7, 11) is 1.45. The summed E-state index contributed by atoms with van der Waals surface area (Å²) in [6.45, 7) is -0.191. The Hall–Kier alpha value is -2.73. The second kappa shape index (κ2) is 8.05. The van der Waals surface area contributed by atoms with Gasteiger partial charge in [-0.2, -0.15) is 5.10 Å². The molecule has 0 aliphatic rings. The highest BCUT2D eigenvalue weighted by Crippen LogP contribution is 2.27. The number of methoxy groups -OCH3 is 1. The van der Waals surface area contributed by atoms with Crippen LogP contribution in [0.5, 0.6) is 17.2 Å². The molecule has 0 unspecified atom stereocenters. The molecule has 0 atom stereocenters. The molecule has 0 bridgehead atoms. The molecular weight excluding hydrogens is 320 g/mol. The number of nitrogens with zero attached hydrogens (tertiary/aromatic N) is 1. The lowest BCUT2D eigenvalue weighted by Crippen LogP contribution is -2.24. The molecule has 6 nitrogen and oxygen atoms in total. The number of phenols is 1. The van der Waals surface area contributed by atoms with E-state index in [0.29, 0.717) is 22.1 Å². The summed E-state index contributed by atoms with van der Waals surface area (Å²) in [5.41, 5.74) is 2.72. The second-order valence-electron chi connectivity index (χ2n) is 4.43. The van der Waals surface area contributed by atoms with Crippen LogP contribution >= 0.6 is 11.6 Å². The van der Waals surface area contributed by atoms with Crippen molar-refractivity contribution in [1.82, 2.24) is 5.43 Å². The van der Waals surface area contributed by atoms with Gasteiger partial charge in [-0.05, 0) is 36.4 Å². The molecule has 0 fully saturated rings. The van der Waals surface area contributed by atoms with Crippen molar-refractivity contribution in [2.45, 2.75) is 0 Å². The molecule has 0 aliphatic carbocycles. The Morgan fingerprint density at radius 3 is 2.74 bits per heavy atom. The highest BCUT2D eigenvalue weighted by Gasteiger charge is 2.05. The number of amides is 1. The van der Waals surface area contributed by atoms with Gasteiger partial charge in [-0.3, -0.25) is 4.79 Å². The summed E-state index contributed by atoms with van der Waals surface area (Å²) in [4.78, 5) is 11.6. The number of hydrogen-bond acceptors (Lipinski definition) is 5. The largest absolute Gasteiger partial charge is 0.504 e. The molecule has 0 saturated heterocycles. The first-order chi connectivity index (χ1) is 11.1. The third kappa shape index (κ3) is 4.89. The van der Waals surface area contributed by atoms with Crippen LogP contribution in [0.2, 0.25) is 5.02 Å². The van der Waals surface area contributed by atoms with Gasteiger partial charge >= 0.3 is 0 Å². The van der Waals surface area contributed by atoms with Crippen molar-refractivity contribution in [3.05, 3.63) is 53.1 Å². The first-order valence-corrected chi connectivity index (χ1v) is 7.04. The van der Waals surface area contributed by atoms with Gasteiger partial charge in [0.25, 0.3) is 5.91 Å². The molecule has 0 aromatic heterocycles. The maximum atomic E-state index is 11.6. The number of benzene rings is 2. The van der Waals surface area contributed by atoms with Crippen LogP contribution in [0.3, 0.4) is 0 Å². The Morgan fingerprint density at radius 2 is 2.04 bits per heavy atom. The number of carbonyl (C=O) groups excluding carboxylic acids is 1. The lowest BCUT2D eigenvalue weighted by Gasteiger charge is -2.06. The van der Waals surface area contributed by atoms with Gasteiger partial charge in [0.05, 0.1) is 13.3 Å². The maximum Gasteiger partial charge on any atom is 0.277 e. The third-order valence-electron chi connectivity index (χ3n) is 2.83. The standard InChI is InChI=1S/C16H15ClN2O4/c1-22-14-4-2-3-11(16(14)21)9-18-19-15(20)10-23-13-7-5-12(17)6-8-13/h2-9,21H,10H2,1H3,(H,19,20)/b18-9+. The van der Waals surface area contributed by atoms with Gasteiger partial charge < -0.3 is 14.6 Å². The topological polar surface area (TPSA) is 80.2 Å². The Bertz CT molecular complexity index is 702. The zero-order chi connectivity index (χ0) is 16.7. The molecule has 0 radical (unpaired) electrons. The monoisotopic (exact) mass is 334 g/mol. The molecule has 7 heteroatoms. The minimum atomic E-state index is -0.432. The summed E-state index contributed by atoms with van der Waals surface area (Å²) >= 11 is 5.75. The van der Waals surface area contributed by atoms with E-state index in [1.54, 1.807) is 42.5 Å². The lowest BCUT2D eigenvalue weighted by atomic mass is 10.2. The molecule has 23 heavy (non-hydrogen) atoms. The van der Waals surface area contributed by atoms with E-state index in [1.807, 2.05) is 0 Å². The number of halogens is 1. The number of phenolic OH excluding ortho intramolecular Hbond substituents is 1. The predicted molar refractivity (Wildman–Crippen MR) is 87.3 cm³/mol. The molecule has 2 aromatic carbocycles. The number of carbonyl (C=O) groups is 1. The predicted octanol–water partition coefficient (Wildman–Crippen LogP) is 2.58. The van der Waals surface area contributed by atoms with Gasteiger partial charge in [-0.15, -0.1) is 0 Å². The fraction of sp³-hybridized carbons (Fsp3) is 0.125. The Kier molecular flexibility index (Phi) is 5.82. The summed E-state index contributed by atoms with van der Waals surface area (Å²) in [6.07, 6.45) is 1.32. The number of hydrogen-bond donors (Lipinski definition) is 2. The molecule has 0 heterocycles. The maximum absolute atomic E-state index is 11.6. The number of rotatable bonds is 6. The number of nitrogens with one attached hydrogen (secondary N) is 1. The fourth-order valence-electron chi connectivity index (χ4n) is 1.69. The van der Waals surface area contributed by atoms with E-state index < -0.39 is 5.91 Å². The van der Waals surface area contributed by atoms with Crippen LogP contribution in [-0.2, 0) is 4.79 Å². The van der Waals surface area contributed by atoms with Gasteiger partial charge in [0.2, 0.25) is 0 Å². The molecule has 120 valence electrons. The van der Waals surface area contributed by atoms with Gasteiger partial charge in [0.1, 0.15) is 5.75 Å². The minimum Gasteiger partial charge on any atom is -0.504 e. The number of hydrazone groups is 1. The van der Waals surface area contributed by atoms with Crippen LogP contribution in [0.25, 0.3) is 0 Å². The Morgan fingerprint density at radius 1 is 1.30 bits per heavy atom. The van der Waals surface area contributed by atoms with Crippen LogP contribution in [0.1, 0.15) is 5.56 Å². The normalized spacial score (nSPS) is 10.5. The first kappa shape index (κ1) is 16.6. The highest BCUT2D eigenvalue weighted by molar-refractivity contribution is 6.30. The average Bonchev–Trinajstić information content (AvgIpc) is 2.56. The van der Waals surface area contributed by atoms with Crippen molar-refractivity contribution in [3.63, 3.8) is 0 Å². The van der Waals surface area contributed by atoms with Crippen molar-refractivity contribution in [3.8, 4) is 17.2 Å². The Balaban J connectivity index is 1.85. The molecule has 2 N–H and O–H groups in total. The SMILES string of the molecule is COc1cccc(/C=N/NC(=O)COc2ccc(Cl)cc2)c1O. The van der Waals surface area contributed by atoms with Gasteiger partial charge in [0.15, 0.2) is 18.1 Å². The lowest BCUT2D eigenvalue weighted by molar-refractivity contribution is -0.123. The third-order valence-corrected chi connectivity index (χ3v) is 3.08. The van der Waals surface area contributed by atoms with E-state index in [1.165, 1.54) is 13.3 Å². The molecule has 0 spiro atoms. The van der Waals surface area contributed by atoms with Gasteiger partial charge in [-0.1, -0.05) is 17.7 Å².